The van der Waals surface area contributed by atoms with Gasteiger partial charge < -0.3 is 9.64 Å². The van der Waals surface area contributed by atoms with Crippen LogP contribution < -0.4 is 0 Å². The summed E-state index contributed by atoms with van der Waals surface area (Å²) in [5, 5.41) is 0. The Morgan fingerprint density at radius 2 is 2.13 bits per heavy atom. The first-order valence-electron chi connectivity index (χ1n) is 5.72. The predicted molar refractivity (Wildman–Crippen MR) is 60.7 cm³/mol. The monoisotopic (exact) mass is 213 g/mol. The van der Waals surface area contributed by atoms with Crippen molar-refractivity contribution in [2.75, 3.05) is 20.3 Å². The lowest BCUT2D eigenvalue weighted by Gasteiger charge is -2.27. The summed E-state index contributed by atoms with van der Waals surface area (Å²) in [5.41, 5.74) is 0.0806. The number of methoxy groups -OCH3 is 1. The molecule has 0 spiro atoms. The third kappa shape index (κ3) is 3.82. The van der Waals surface area contributed by atoms with E-state index in [2.05, 4.69) is 20.8 Å². The van der Waals surface area contributed by atoms with Gasteiger partial charge in [-0.05, 0) is 18.3 Å². The van der Waals surface area contributed by atoms with E-state index in [1.165, 1.54) is 0 Å². The molecule has 88 valence electrons. The average molecular weight is 213 g/mol. The number of amides is 1. The van der Waals surface area contributed by atoms with E-state index in [0.717, 1.165) is 19.4 Å². The molecule has 0 aliphatic carbocycles. The van der Waals surface area contributed by atoms with Gasteiger partial charge in [-0.15, -0.1) is 0 Å². The molecule has 0 N–H and O–H groups in total. The lowest BCUT2D eigenvalue weighted by atomic mass is 9.91. The number of ether oxygens (including phenoxy) is 1. The van der Waals surface area contributed by atoms with Gasteiger partial charge in [-0.1, -0.05) is 20.8 Å². The first-order chi connectivity index (χ1) is 6.94. The molecule has 1 heterocycles. The maximum absolute atomic E-state index is 12.0. The van der Waals surface area contributed by atoms with E-state index >= 15 is 0 Å². The van der Waals surface area contributed by atoms with Gasteiger partial charge >= 0.3 is 0 Å². The van der Waals surface area contributed by atoms with E-state index in [1.54, 1.807) is 7.11 Å². The molecule has 0 saturated carbocycles. The Bertz CT molecular complexity index is 220. The third-order valence-corrected chi connectivity index (χ3v) is 2.74. The topological polar surface area (TPSA) is 29.5 Å². The molecule has 3 nitrogen and oxygen atoms in total. The Morgan fingerprint density at radius 1 is 1.47 bits per heavy atom. The van der Waals surface area contributed by atoms with Crippen molar-refractivity contribution < 1.29 is 9.53 Å². The third-order valence-electron chi connectivity index (χ3n) is 2.74. The lowest BCUT2D eigenvalue weighted by molar-refractivity contribution is -0.134. The largest absolute Gasteiger partial charge is 0.383 e. The van der Waals surface area contributed by atoms with Gasteiger partial charge in [-0.25, -0.2) is 0 Å². The Hall–Kier alpha value is -0.570. The molecule has 1 amide bonds. The van der Waals surface area contributed by atoms with Crippen molar-refractivity contribution in [3.05, 3.63) is 0 Å². The highest BCUT2D eigenvalue weighted by Crippen LogP contribution is 2.24. The Labute approximate surface area is 92.8 Å². The smallest absolute Gasteiger partial charge is 0.223 e. The van der Waals surface area contributed by atoms with Crippen molar-refractivity contribution in [2.24, 2.45) is 5.41 Å². The molecule has 3 heteroatoms. The summed E-state index contributed by atoms with van der Waals surface area (Å²) in [5.74, 6) is 0.280. The molecule has 15 heavy (non-hydrogen) atoms. The van der Waals surface area contributed by atoms with Crippen LogP contribution >= 0.6 is 0 Å². The average Bonchev–Trinajstić information content (AvgIpc) is 2.49. The maximum atomic E-state index is 12.0. The lowest BCUT2D eigenvalue weighted by Crippen LogP contribution is -2.39. The first kappa shape index (κ1) is 12.5. The highest BCUT2D eigenvalue weighted by atomic mass is 16.5. The first-order valence-corrected chi connectivity index (χ1v) is 5.72. The van der Waals surface area contributed by atoms with Gasteiger partial charge in [0.1, 0.15) is 0 Å². The van der Waals surface area contributed by atoms with Crippen molar-refractivity contribution >= 4 is 5.91 Å². The number of likely N-dealkylation sites (tertiary alicyclic amines) is 1. The fourth-order valence-electron chi connectivity index (χ4n) is 2.08. The molecule has 1 saturated heterocycles. The van der Waals surface area contributed by atoms with Gasteiger partial charge in [-0.3, -0.25) is 4.79 Å². The van der Waals surface area contributed by atoms with Gasteiger partial charge in [0.15, 0.2) is 0 Å². The molecule has 0 aromatic heterocycles. The SMILES string of the molecule is COCC1CCCN1C(=O)CC(C)(C)C. The second kappa shape index (κ2) is 4.97. The molecule has 1 atom stereocenters. The van der Waals surface area contributed by atoms with Crippen LogP contribution in [0.4, 0.5) is 0 Å². The van der Waals surface area contributed by atoms with Crippen LogP contribution in [-0.2, 0) is 9.53 Å². The second-order valence-corrected chi connectivity index (χ2v) is 5.58. The Kier molecular flexibility index (Phi) is 4.14. The van der Waals surface area contributed by atoms with Crippen molar-refractivity contribution in [3.8, 4) is 0 Å². The number of carbonyl (C=O) groups excluding carboxylic acids is 1. The van der Waals surface area contributed by atoms with Crippen LogP contribution in [0.5, 0.6) is 0 Å². The fraction of sp³-hybridized carbons (Fsp3) is 0.917. The summed E-state index contributed by atoms with van der Waals surface area (Å²) >= 11 is 0. The number of carbonyl (C=O) groups is 1. The zero-order valence-electron chi connectivity index (χ0n) is 10.4. The van der Waals surface area contributed by atoms with Crippen LogP contribution in [0.1, 0.15) is 40.0 Å². The summed E-state index contributed by atoms with van der Waals surface area (Å²) in [6, 6.07) is 0.310. The van der Waals surface area contributed by atoms with Crippen molar-refractivity contribution in [1.29, 1.82) is 0 Å². The molecule has 0 aromatic rings. The van der Waals surface area contributed by atoms with E-state index in [4.69, 9.17) is 4.74 Å². The van der Waals surface area contributed by atoms with Gasteiger partial charge in [0, 0.05) is 20.1 Å². The maximum Gasteiger partial charge on any atom is 0.223 e. The van der Waals surface area contributed by atoms with Gasteiger partial charge in [0.25, 0.3) is 0 Å². The van der Waals surface area contributed by atoms with Crippen molar-refractivity contribution in [2.45, 2.75) is 46.1 Å². The zero-order valence-corrected chi connectivity index (χ0v) is 10.4. The predicted octanol–water partition coefficient (Wildman–Crippen LogP) is 2.06. The summed E-state index contributed by atoms with van der Waals surface area (Å²) < 4.78 is 5.14. The minimum atomic E-state index is 0.0806. The number of hydrogen-bond acceptors (Lipinski definition) is 2. The van der Waals surface area contributed by atoms with E-state index < -0.39 is 0 Å². The molecule has 1 unspecified atom stereocenters. The van der Waals surface area contributed by atoms with Crippen LogP contribution in [0.15, 0.2) is 0 Å². The van der Waals surface area contributed by atoms with Crippen molar-refractivity contribution in [3.63, 3.8) is 0 Å². The number of rotatable bonds is 3. The molecule has 0 aromatic carbocycles. The molecule has 0 radical (unpaired) electrons. The summed E-state index contributed by atoms with van der Waals surface area (Å²) in [4.78, 5) is 14.0. The molecular weight excluding hydrogens is 190 g/mol. The minimum Gasteiger partial charge on any atom is -0.383 e. The summed E-state index contributed by atoms with van der Waals surface area (Å²) in [6.45, 7) is 7.89. The molecule has 1 aliphatic rings. The van der Waals surface area contributed by atoms with E-state index in [1.807, 2.05) is 4.90 Å². The number of hydrogen-bond donors (Lipinski definition) is 0. The number of nitrogens with zero attached hydrogens (tertiary/aromatic N) is 1. The van der Waals surface area contributed by atoms with Gasteiger partial charge in [0.2, 0.25) is 5.91 Å². The molecule has 1 fully saturated rings. The summed E-state index contributed by atoms with van der Waals surface area (Å²) in [7, 11) is 1.70. The van der Waals surface area contributed by atoms with Crippen LogP contribution in [-0.4, -0.2) is 37.1 Å². The molecule has 1 aliphatic heterocycles. The minimum absolute atomic E-state index is 0.0806. The van der Waals surface area contributed by atoms with Crippen LogP contribution in [0.3, 0.4) is 0 Å². The van der Waals surface area contributed by atoms with Crippen LogP contribution in [0, 0.1) is 5.41 Å². The zero-order chi connectivity index (χ0) is 11.5. The van der Waals surface area contributed by atoms with Crippen LogP contribution in [0.25, 0.3) is 0 Å². The Morgan fingerprint density at radius 3 is 2.67 bits per heavy atom. The standard InChI is InChI=1S/C12H23NO2/c1-12(2,3)8-11(14)13-7-5-6-10(13)9-15-4/h10H,5-9H2,1-4H3. The molecule has 1 rings (SSSR count). The molecular formula is C12H23NO2. The highest BCUT2D eigenvalue weighted by molar-refractivity contribution is 5.77. The van der Waals surface area contributed by atoms with E-state index in [9.17, 15) is 4.79 Å². The van der Waals surface area contributed by atoms with Gasteiger partial charge in [0.05, 0.1) is 12.6 Å². The van der Waals surface area contributed by atoms with E-state index in [-0.39, 0.29) is 11.3 Å². The van der Waals surface area contributed by atoms with E-state index in [0.29, 0.717) is 19.1 Å². The highest BCUT2D eigenvalue weighted by Gasteiger charge is 2.30. The Balaban J connectivity index is 2.51. The van der Waals surface area contributed by atoms with Crippen molar-refractivity contribution in [1.82, 2.24) is 4.90 Å². The normalized spacial score (nSPS) is 22.1. The molecule has 0 bridgehead atoms. The second-order valence-electron chi connectivity index (χ2n) is 5.58. The van der Waals surface area contributed by atoms with Crippen LogP contribution in [0.2, 0.25) is 0 Å². The van der Waals surface area contributed by atoms with Gasteiger partial charge in [-0.2, -0.15) is 0 Å². The fourth-order valence-corrected chi connectivity index (χ4v) is 2.08. The summed E-state index contributed by atoms with van der Waals surface area (Å²) in [6.07, 6.45) is 2.83. The quantitative estimate of drug-likeness (QED) is 0.718.